The molecule has 9 nitrogen and oxygen atoms in total. The quantitative estimate of drug-likeness (QED) is 0.212. The highest BCUT2D eigenvalue weighted by Crippen LogP contribution is 2.53. The van der Waals surface area contributed by atoms with Crippen LogP contribution in [0.1, 0.15) is 144 Å². The maximum atomic E-state index is 13.2. The van der Waals surface area contributed by atoms with Gasteiger partial charge in [0.15, 0.2) is 5.78 Å². The van der Waals surface area contributed by atoms with E-state index in [9.17, 15) is 29.1 Å². The van der Waals surface area contributed by atoms with E-state index in [0.717, 1.165) is 36.8 Å². The number of hydrogen-bond donors (Lipinski definition) is 1. The number of aryl methyl sites for hydroxylation is 1. The van der Waals surface area contributed by atoms with E-state index in [1.165, 1.54) is 5.57 Å². The Morgan fingerprint density at radius 1 is 0.931 bits per heavy atom. The summed E-state index contributed by atoms with van der Waals surface area (Å²) in [5.41, 5.74) is 2.60. The van der Waals surface area contributed by atoms with Crippen LogP contribution in [-0.4, -0.2) is 52.7 Å². The minimum Gasteiger partial charge on any atom is -0.462 e. The fourth-order valence-corrected chi connectivity index (χ4v) is 10.3. The van der Waals surface area contributed by atoms with Crippen LogP contribution in [0.5, 0.6) is 5.75 Å². The molecule has 1 unspecified atom stereocenters. The van der Waals surface area contributed by atoms with Crippen LogP contribution in [0.2, 0.25) is 0 Å². The Labute approximate surface area is 345 Å². The van der Waals surface area contributed by atoms with Gasteiger partial charge in [0.25, 0.3) is 0 Å². The molecule has 0 bridgehead atoms. The fourth-order valence-electron chi connectivity index (χ4n) is 10.3. The highest BCUT2D eigenvalue weighted by Gasteiger charge is 2.51. The maximum absolute atomic E-state index is 13.2. The molecule has 58 heavy (non-hydrogen) atoms. The van der Waals surface area contributed by atoms with E-state index in [2.05, 4.69) is 45.9 Å². The van der Waals surface area contributed by atoms with Gasteiger partial charge in [-0.3, -0.25) is 24.0 Å². The molecule has 8 atom stereocenters. The Morgan fingerprint density at radius 3 is 2.26 bits per heavy atom. The first-order valence-corrected chi connectivity index (χ1v) is 21.7. The molecule has 0 aromatic heterocycles. The number of ketones is 3. The summed E-state index contributed by atoms with van der Waals surface area (Å²) in [7, 11) is 0. The van der Waals surface area contributed by atoms with E-state index < -0.39 is 23.4 Å². The molecule has 2 aliphatic heterocycles. The second-order valence-corrected chi connectivity index (χ2v) is 20.5. The molecule has 1 saturated heterocycles. The predicted molar refractivity (Wildman–Crippen MR) is 222 cm³/mol. The van der Waals surface area contributed by atoms with Gasteiger partial charge >= 0.3 is 11.9 Å². The number of esters is 2. The number of aliphatic hydroxyl groups excluding tert-OH is 1. The first-order valence-electron chi connectivity index (χ1n) is 21.7. The van der Waals surface area contributed by atoms with Crippen LogP contribution in [-0.2, 0) is 33.4 Å². The Kier molecular flexibility index (Phi) is 12.6. The molecular formula is C49H66O9. The molecule has 9 heteroatoms. The van der Waals surface area contributed by atoms with Crippen LogP contribution in [0.4, 0.5) is 0 Å². The summed E-state index contributed by atoms with van der Waals surface area (Å²) in [5, 5.41) is 9.92. The number of hydrogen-bond acceptors (Lipinski definition) is 9. The van der Waals surface area contributed by atoms with Crippen LogP contribution in [0.15, 0.2) is 53.3 Å². The van der Waals surface area contributed by atoms with Crippen LogP contribution in [0, 0.1) is 52.8 Å². The average molecular weight is 799 g/mol. The average Bonchev–Trinajstić information content (AvgIpc) is 3.10. The first kappa shape index (κ1) is 43.7. The number of benzene rings is 1. The van der Waals surface area contributed by atoms with E-state index in [0.29, 0.717) is 66.9 Å². The van der Waals surface area contributed by atoms with Crippen LogP contribution >= 0.6 is 0 Å². The Hall–Kier alpha value is -3.85. The van der Waals surface area contributed by atoms with Crippen molar-refractivity contribution < 1.29 is 43.3 Å². The van der Waals surface area contributed by atoms with Crippen molar-refractivity contribution in [2.75, 3.05) is 0 Å². The fraction of sp³-hybridized carbons (Fsp3) is 0.653. The van der Waals surface area contributed by atoms with Gasteiger partial charge in [0.2, 0.25) is 0 Å². The third-order valence-corrected chi connectivity index (χ3v) is 13.7. The van der Waals surface area contributed by atoms with Gasteiger partial charge in [0.1, 0.15) is 35.3 Å². The largest absolute Gasteiger partial charge is 0.462 e. The molecule has 0 amide bonds. The summed E-state index contributed by atoms with van der Waals surface area (Å²) in [4.78, 5) is 64.0. The number of ether oxygens (including phenoxy) is 3. The van der Waals surface area contributed by atoms with Gasteiger partial charge in [0, 0.05) is 55.1 Å². The smallest absolute Gasteiger partial charge is 0.311 e. The number of aliphatic hydroxyl groups is 1. The number of allylic oxidation sites excluding steroid dienone is 5. The van der Waals surface area contributed by atoms with E-state index in [4.69, 9.17) is 14.2 Å². The maximum Gasteiger partial charge on any atom is 0.311 e. The van der Waals surface area contributed by atoms with E-state index in [-0.39, 0.29) is 64.7 Å². The summed E-state index contributed by atoms with van der Waals surface area (Å²) in [6.07, 6.45) is 11.4. The lowest BCUT2D eigenvalue weighted by Gasteiger charge is -2.44. The molecule has 2 heterocycles. The molecule has 0 spiro atoms. The molecule has 1 aromatic carbocycles. The van der Waals surface area contributed by atoms with Crippen molar-refractivity contribution in [1.82, 2.24) is 0 Å². The molecule has 1 aromatic rings. The molecule has 316 valence electrons. The number of rotatable bonds is 7. The minimum absolute atomic E-state index is 0.00818. The predicted octanol–water partition coefficient (Wildman–Crippen LogP) is 9.27. The monoisotopic (exact) mass is 798 g/mol. The third-order valence-electron chi connectivity index (χ3n) is 13.7. The van der Waals surface area contributed by atoms with Crippen molar-refractivity contribution in [1.29, 1.82) is 0 Å². The van der Waals surface area contributed by atoms with Crippen molar-refractivity contribution in [3.05, 3.63) is 64.5 Å². The second kappa shape index (κ2) is 16.7. The highest BCUT2D eigenvalue weighted by molar-refractivity contribution is 6.09. The zero-order chi connectivity index (χ0) is 42.5. The van der Waals surface area contributed by atoms with Gasteiger partial charge in [-0.05, 0) is 86.2 Å². The van der Waals surface area contributed by atoms with Crippen LogP contribution in [0.25, 0.3) is 0 Å². The minimum atomic E-state index is -0.785. The molecule has 4 aliphatic carbocycles. The zero-order valence-electron chi connectivity index (χ0n) is 36.4. The number of cyclic esters (lactones) is 1. The van der Waals surface area contributed by atoms with Gasteiger partial charge in [-0.2, -0.15) is 0 Å². The van der Waals surface area contributed by atoms with Gasteiger partial charge in [-0.25, -0.2) is 0 Å². The van der Waals surface area contributed by atoms with Crippen molar-refractivity contribution in [2.24, 2.45) is 45.8 Å². The molecule has 7 rings (SSSR count). The highest BCUT2D eigenvalue weighted by atomic mass is 16.6. The van der Waals surface area contributed by atoms with Crippen LogP contribution < -0.4 is 4.74 Å². The molecule has 1 N–H and O–H groups in total. The van der Waals surface area contributed by atoms with E-state index in [1.807, 2.05) is 59.7 Å². The van der Waals surface area contributed by atoms with Gasteiger partial charge in [-0.1, -0.05) is 84.9 Å². The van der Waals surface area contributed by atoms with Crippen molar-refractivity contribution in [2.45, 2.75) is 158 Å². The number of fused-ring (bicyclic) bond motifs is 2. The van der Waals surface area contributed by atoms with Crippen molar-refractivity contribution >= 4 is 29.3 Å². The first-order chi connectivity index (χ1) is 27.1. The number of carbonyl (C=O) groups is 5. The summed E-state index contributed by atoms with van der Waals surface area (Å²) in [6, 6.07) is 5.78. The lowest BCUT2D eigenvalue weighted by Crippen LogP contribution is -2.44. The van der Waals surface area contributed by atoms with Crippen molar-refractivity contribution in [3.63, 3.8) is 0 Å². The zero-order valence-corrected chi connectivity index (χ0v) is 36.4. The Bertz CT molecular complexity index is 1890. The normalized spacial score (nSPS) is 31.7. The number of carbonyl (C=O) groups excluding carboxylic acids is 5. The third kappa shape index (κ3) is 9.30. The number of Topliss-reactive ketones (excluding diaryl/α,β-unsaturated/α-hetero) is 3. The Balaban J connectivity index is 0.000000196. The van der Waals surface area contributed by atoms with Crippen LogP contribution in [0.3, 0.4) is 0 Å². The molecular weight excluding hydrogens is 733 g/mol. The summed E-state index contributed by atoms with van der Waals surface area (Å²) >= 11 is 0. The lowest BCUT2D eigenvalue weighted by atomic mass is 9.62. The van der Waals surface area contributed by atoms with Gasteiger partial charge in [-0.15, -0.1) is 0 Å². The number of para-hydroxylation sites is 1. The van der Waals surface area contributed by atoms with Gasteiger partial charge in [0.05, 0.1) is 23.9 Å². The summed E-state index contributed by atoms with van der Waals surface area (Å²) in [6.45, 7) is 20.3. The summed E-state index contributed by atoms with van der Waals surface area (Å²) < 4.78 is 17.9. The van der Waals surface area contributed by atoms with Crippen molar-refractivity contribution in [3.8, 4) is 5.75 Å². The van der Waals surface area contributed by atoms with E-state index in [1.54, 1.807) is 0 Å². The lowest BCUT2D eigenvalue weighted by molar-refractivity contribution is -0.166. The van der Waals surface area contributed by atoms with Gasteiger partial charge < -0.3 is 19.3 Å². The standard InChI is InChI=1S/C25H38O5.C24H28O4/c1-6-25(4,5)24(28)30-21-12-15(2)11-17-8-7-16(3)20(23(17)21)10-9-19-13-18(26)14-22(27)29-19;1-13-7-6-8-14-19(20-15(25)9-23(2,3)10-16(20)26)21-17(27)11-24(4,5)12-18(21)28-22(13)14/h7-8,11,15-16,18-21,23,26H,6,9-10,12-14H2,1-5H3;6-8,19-20H,9-12H2,1-5H3/t15-,16-,18+,19+,20-,21-,23-;/m0./s1. The molecule has 1 saturated carbocycles. The molecule has 0 radical (unpaired) electrons. The topological polar surface area (TPSA) is 133 Å². The Morgan fingerprint density at radius 2 is 1.60 bits per heavy atom. The molecule has 6 aliphatic rings. The summed E-state index contributed by atoms with van der Waals surface area (Å²) in [5.74, 6) is 0.744. The van der Waals surface area contributed by atoms with E-state index >= 15 is 0 Å². The second-order valence-electron chi connectivity index (χ2n) is 20.5. The SMILES string of the molecule is CCC(C)(C)C(=O)O[C@H]1C[C@@H](C)C=C2C=C[C@H](C)[C@H](CC[C@@H]3C[C@@H](O)CC(=O)O3)[C@H]21.Cc1cccc2c1OC1=C(C(=O)CC(C)(C)C1)C2C1C(=O)CC(C)(C)CC1=O. The molecule has 2 fully saturated rings.